The number of hydrogen-bond acceptors (Lipinski definition) is 5. The second-order valence-electron chi connectivity index (χ2n) is 5.53. The SMILES string of the molecule is CCN(C(=O)CSCC1CC1)/C(=C/Nc1cccnc1)C(Cl)=NC. The average molecular weight is 367 g/mol. The fourth-order valence-corrected chi connectivity index (χ4v) is 3.39. The van der Waals surface area contributed by atoms with Crippen molar-refractivity contribution in [3.63, 3.8) is 0 Å². The summed E-state index contributed by atoms with van der Waals surface area (Å²) in [6, 6.07) is 3.73. The number of carbonyl (C=O) groups is 1. The molecule has 0 atom stereocenters. The Labute approximate surface area is 152 Å². The van der Waals surface area contributed by atoms with Crippen LogP contribution in [0.4, 0.5) is 5.69 Å². The first-order valence-corrected chi connectivity index (χ1v) is 9.56. The van der Waals surface area contributed by atoms with Crippen molar-refractivity contribution < 1.29 is 4.79 Å². The van der Waals surface area contributed by atoms with E-state index in [0.29, 0.717) is 23.2 Å². The molecule has 130 valence electrons. The van der Waals surface area contributed by atoms with Crippen LogP contribution in [0.3, 0.4) is 0 Å². The fraction of sp³-hybridized carbons (Fsp3) is 0.471. The molecule has 1 aliphatic carbocycles. The number of rotatable bonds is 9. The first-order chi connectivity index (χ1) is 11.7. The fourth-order valence-electron chi connectivity index (χ4n) is 2.12. The summed E-state index contributed by atoms with van der Waals surface area (Å²) in [5.41, 5.74) is 1.39. The summed E-state index contributed by atoms with van der Waals surface area (Å²) in [5.74, 6) is 2.37. The van der Waals surface area contributed by atoms with Crippen molar-refractivity contribution >= 4 is 40.1 Å². The van der Waals surface area contributed by atoms with Crippen LogP contribution in [0.25, 0.3) is 0 Å². The smallest absolute Gasteiger partial charge is 0.237 e. The van der Waals surface area contributed by atoms with E-state index in [1.165, 1.54) is 12.8 Å². The molecule has 1 saturated carbocycles. The maximum atomic E-state index is 12.6. The Hall–Kier alpha value is -1.53. The zero-order chi connectivity index (χ0) is 17.4. The lowest BCUT2D eigenvalue weighted by atomic mass is 10.3. The van der Waals surface area contributed by atoms with E-state index in [1.54, 1.807) is 42.3 Å². The minimum absolute atomic E-state index is 0.0455. The number of nitrogens with zero attached hydrogens (tertiary/aromatic N) is 3. The van der Waals surface area contributed by atoms with Gasteiger partial charge in [-0.25, -0.2) is 0 Å². The molecular weight excluding hydrogens is 344 g/mol. The number of nitrogens with one attached hydrogen (secondary N) is 1. The molecule has 0 radical (unpaired) electrons. The molecule has 5 nitrogen and oxygen atoms in total. The molecule has 1 aromatic heterocycles. The molecule has 1 fully saturated rings. The van der Waals surface area contributed by atoms with Gasteiger partial charge in [-0.15, -0.1) is 0 Å². The van der Waals surface area contributed by atoms with Gasteiger partial charge in [0.1, 0.15) is 5.17 Å². The monoisotopic (exact) mass is 366 g/mol. The van der Waals surface area contributed by atoms with Crippen molar-refractivity contribution in [1.29, 1.82) is 0 Å². The standard InChI is InChI=1S/C17H23ClN4OS/c1-3-22(16(23)12-24-11-13-6-7-13)15(17(18)19-2)10-21-14-5-4-8-20-9-14/h4-5,8-10,13,21H,3,6-7,11-12H2,1-2H3/b15-10+,19-17?. The van der Waals surface area contributed by atoms with Gasteiger partial charge in [-0.2, -0.15) is 11.8 Å². The molecule has 24 heavy (non-hydrogen) atoms. The van der Waals surface area contributed by atoms with Gasteiger partial charge < -0.3 is 10.2 Å². The van der Waals surface area contributed by atoms with Gasteiger partial charge in [0, 0.05) is 26.0 Å². The number of carbonyl (C=O) groups excluding carboxylic acids is 1. The summed E-state index contributed by atoms with van der Waals surface area (Å²) < 4.78 is 0. The minimum Gasteiger partial charge on any atom is -0.358 e. The quantitative estimate of drug-likeness (QED) is 0.678. The van der Waals surface area contributed by atoms with Gasteiger partial charge in [0.05, 0.1) is 23.3 Å². The number of amides is 1. The van der Waals surface area contributed by atoms with Gasteiger partial charge in [-0.05, 0) is 43.6 Å². The lowest BCUT2D eigenvalue weighted by Crippen LogP contribution is -2.34. The number of aliphatic imine (C=N–C) groups is 1. The zero-order valence-electron chi connectivity index (χ0n) is 14.0. The Morgan fingerprint density at radius 1 is 1.58 bits per heavy atom. The maximum Gasteiger partial charge on any atom is 0.237 e. The molecule has 0 aromatic carbocycles. The third kappa shape index (κ3) is 5.83. The van der Waals surface area contributed by atoms with E-state index in [9.17, 15) is 4.79 Å². The Bertz CT molecular complexity index is 602. The van der Waals surface area contributed by atoms with Crippen LogP contribution in [-0.2, 0) is 4.79 Å². The summed E-state index contributed by atoms with van der Waals surface area (Å²) in [7, 11) is 1.61. The third-order valence-electron chi connectivity index (χ3n) is 3.63. The second kappa shape index (κ2) is 9.69. The summed E-state index contributed by atoms with van der Waals surface area (Å²) in [5, 5.41) is 3.42. The predicted octanol–water partition coefficient (Wildman–Crippen LogP) is 3.59. The number of aromatic nitrogens is 1. The normalized spacial score (nSPS) is 15.3. The molecule has 7 heteroatoms. The molecule has 0 spiro atoms. The lowest BCUT2D eigenvalue weighted by Gasteiger charge is -2.23. The van der Waals surface area contributed by atoms with Gasteiger partial charge in [-0.1, -0.05) is 11.6 Å². The van der Waals surface area contributed by atoms with Crippen molar-refractivity contribution in [2.75, 3.05) is 30.4 Å². The van der Waals surface area contributed by atoms with Gasteiger partial charge in [-0.3, -0.25) is 14.8 Å². The van der Waals surface area contributed by atoms with Crippen LogP contribution in [0.1, 0.15) is 19.8 Å². The molecule has 1 N–H and O–H groups in total. The Balaban J connectivity index is 2.06. The third-order valence-corrected chi connectivity index (χ3v) is 5.15. The van der Waals surface area contributed by atoms with Crippen LogP contribution in [0.2, 0.25) is 0 Å². The highest BCUT2D eigenvalue weighted by Crippen LogP contribution is 2.32. The summed E-state index contributed by atoms with van der Waals surface area (Å²) in [6.07, 6.45) is 7.71. The molecule has 0 unspecified atom stereocenters. The van der Waals surface area contributed by atoms with Gasteiger partial charge in [0.15, 0.2) is 0 Å². The van der Waals surface area contributed by atoms with E-state index in [2.05, 4.69) is 15.3 Å². The van der Waals surface area contributed by atoms with E-state index in [4.69, 9.17) is 11.6 Å². The molecule has 1 amide bonds. The predicted molar refractivity (Wildman–Crippen MR) is 103 cm³/mol. The molecule has 2 rings (SSSR count). The molecule has 1 aromatic rings. The molecular formula is C17H23ClN4OS. The average Bonchev–Trinajstić information content (AvgIpc) is 3.43. The van der Waals surface area contributed by atoms with Crippen LogP contribution in [0.15, 0.2) is 41.4 Å². The van der Waals surface area contributed by atoms with Crippen molar-refractivity contribution in [3.8, 4) is 0 Å². The van der Waals surface area contributed by atoms with E-state index < -0.39 is 0 Å². The number of thioether (sulfide) groups is 1. The highest BCUT2D eigenvalue weighted by molar-refractivity contribution is 7.99. The van der Waals surface area contributed by atoms with Gasteiger partial charge in [0.2, 0.25) is 5.91 Å². The second-order valence-corrected chi connectivity index (χ2v) is 6.91. The summed E-state index contributed by atoms with van der Waals surface area (Å²) in [6.45, 7) is 2.47. The van der Waals surface area contributed by atoms with Gasteiger partial charge >= 0.3 is 0 Å². The zero-order valence-corrected chi connectivity index (χ0v) is 15.6. The van der Waals surface area contributed by atoms with Crippen molar-refractivity contribution in [1.82, 2.24) is 9.88 Å². The van der Waals surface area contributed by atoms with E-state index in [1.807, 2.05) is 19.1 Å². The number of allylic oxidation sites excluding steroid dienone is 1. The first kappa shape index (κ1) is 18.8. The molecule has 1 heterocycles. The molecule has 0 aliphatic heterocycles. The Morgan fingerprint density at radius 3 is 2.96 bits per heavy atom. The van der Waals surface area contributed by atoms with Crippen LogP contribution in [0, 0.1) is 5.92 Å². The number of anilines is 1. The highest BCUT2D eigenvalue weighted by Gasteiger charge is 2.23. The Kier molecular flexibility index (Phi) is 7.59. The molecule has 0 bridgehead atoms. The first-order valence-electron chi connectivity index (χ1n) is 8.03. The minimum atomic E-state index is 0.0455. The number of halogens is 1. The van der Waals surface area contributed by atoms with Crippen molar-refractivity contribution in [2.24, 2.45) is 10.9 Å². The lowest BCUT2D eigenvalue weighted by molar-refractivity contribution is -0.126. The number of pyridine rings is 1. The van der Waals surface area contributed by atoms with Crippen LogP contribution in [0.5, 0.6) is 0 Å². The highest BCUT2D eigenvalue weighted by atomic mass is 35.5. The van der Waals surface area contributed by atoms with E-state index in [-0.39, 0.29) is 5.91 Å². The van der Waals surface area contributed by atoms with Crippen LogP contribution < -0.4 is 5.32 Å². The molecule has 0 saturated heterocycles. The van der Waals surface area contributed by atoms with Crippen molar-refractivity contribution in [3.05, 3.63) is 36.4 Å². The van der Waals surface area contributed by atoms with Crippen LogP contribution in [-0.4, -0.2) is 46.1 Å². The van der Waals surface area contributed by atoms with E-state index in [0.717, 1.165) is 17.4 Å². The maximum absolute atomic E-state index is 12.6. The number of hydrogen-bond donors (Lipinski definition) is 1. The largest absolute Gasteiger partial charge is 0.358 e. The topological polar surface area (TPSA) is 57.6 Å². The van der Waals surface area contributed by atoms with Gasteiger partial charge in [0.25, 0.3) is 0 Å². The van der Waals surface area contributed by atoms with E-state index >= 15 is 0 Å². The summed E-state index contributed by atoms with van der Waals surface area (Å²) >= 11 is 7.93. The Morgan fingerprint density at radius 2 is 2.38 bits per heavy atom. The van der Waals surface area contributed by atoms with Crippen LogP contribution >= 0.6 is 23.4 Å². The summed E-state index contributed by atoms with van der Waals surface area (Å²) in [4.78, 5) is 22.3. The van der Waals surface area contributed by atoms with Crippen molar-refractivity contribution in [2.45, 2.75) is 19.8 Å². The molecule has 1 aliphatic rings.